The SMILES string of the molecule is COc1cccc(Cl)c1CNS(=O)(=O)N(C)CCCN. The van der Waals surface area contributed by atoms with Crippen LogP contribution in [0.15, 0.2) is 18.2 Å². The Bertz CT molecular complexity index is 537. The fourth-order valence-corrected chi connectivity index (χ4v) is 2.76. The van der Waals surface area contributed by atoms with Gasteiger partial charge in [0, 0.05) is 30.7 Å². The van der Waals surface area contributed by atoms with Gasteiger partial charge in [0.2, 0.25) is 0 Å². The highest BCUT2D eigenvalue weighted by atomic mass is 35.5. The summed E-state index contributed by atoms with van der Waals surface area (Å²) in [6.07, 6.45) is 0.604. The Morgan fingerprint density at radius 3 is 2.75 bits per heavy atom. The van der Waals surface area contributed by atoms with E-state index < -0.39 is 10.2 Å². The molecule has 0 fully saturated rings. The second-order valence-corrected chi connectivity index (χ2v) is 6.48. The molecule has 0 bridgehead atoms. The molecule has 114 valence electrons. The summed E-state index contributed by atoms with van der Waals surface area (Å²) in [6.45, 7) is 0.877. The van der Waals surface area contributed by atoms with Crippen molar-refractivity contribution in [3.05, 3.63) is 28.8 Å². The van der Waals surface area contributed by atoms with E-state index in [4.69, 9.17) is 22.1 Å². The number of nitrogens with two attached hydrogens (primary N) is 1. The Labute approximate surface area is 125 Å². The summed E-state index contributed by atoms with van der Waals surface area (Å²) >= 11 is 6.06. The minimum atomic E-state index is -3.56. The minimum absolute atomic E-state index is 0.0676. The lowest BCUT2D eigenvalue weighted by Gasteiger charge is -2.18. The van der Waals surface area contributed by atoms with Gasteiger partial charge in [-0.05, 0) is 25.1 Å². The number of methoxy groups -OCH3 is 1. The van der Waals surface area contributed by atoms with Gasteiger partial charge in [0.05, 0.1) is 7.11 Å². The number of halogens is 1. The predicted molar refractivity (Wildman–Crippen MR) is 80.1 cm³/mol. The van der Waals surface area contributed by atoms with E-state index in [0.717, 1.165) is 0 Å². The molecule has 0 aromatic heterocycles. The maximum absolute atomic E-state index is 12.0. The molecule has 0 spiro atoms. The zero-order valence-electron chi connectivity index (χ0n) is 11.6. The fraction of sp³-hybridized carbons (Fsp3) is 0.500. The molecule has 0 heterocycles. The Balaban J connectivity index is 2.76. The van der Waals surface area contributed by atoms with Gasteiger partial charge in [-0.2, -0.15) is 17.4 Å². The average Bonchev–Trinajstić information content (AvgIpc) is 2.42. The molecule has 0 radical (unpaired) electrons. The van der Waals surface area contributed by atoms with Crippen molar-refractivity contribution in [3.63, 3.8) is 0 Å². The summed E-state index contributed by atoms with van der Waals surface area (Å²) in [5, 5.41) is 0.455. The van der Waals surface area contributed by atoms with E-state index in [2.05, 4.69) is 4.72 Å². The third kappa shape index (κ3) is 4.60. The molecule has 3 N–H and O–H groups in total. The van der Waals surface area contributed by atoms with Crippen LogP contribution in [0.3, 0.4) is 0 Å². The quantitative estimate of drug-likeness (QED) is 0.747. The topological polar surface area (TPSA) is 84.7 Å². The summed E-state index contributed by atoms with van der Waals surface area (Å²) in [5.74, 6) is 0.546. The molecule has 8 heteroatoms. The van der Waals surface area contributed by atoms with E-state index >= 15 is 0 Å². The number of hydrogen-bond donors (Lipinski definition) is 2. The first-order valence-electron chi connectivity index (χ1n) is 6.14. The van der Waals surface area contributed by atoms with Crippen LogP contribution in [-0.2, 0) is 16.8 Å². The molecule has 0 atom stereocenters. The Morgan fingerprint density at radius 2 is 2.15 bits per heavy atom. The molecule has 6 nitrogen and oxygen atoms in total. The van der Waals surface area contributed by atoms with Crippen LogP contribution < -0.4 is 15.2 Å². The van der Waals surface area contributed by atoms with Crippen molar-refractivity contribution >= 4 is 21.8 Å². The van der Waals surface area contributed by atoms with Gasteiger partial charge >= 0.3 is 0 Å². The van der Waals surface area contributed by atoms with Crippen LogP contribution in [0, 0.1) is 0 Å². The molecular formula is C12H20ClN3O3S. The summed E-state index contributed by atoms with van der Waals surface area (Å²) in [4.78, 5) is 0. The number of hydrogen-bond acceptors (Lipinski definition) is 4. The monoisotopic (exact) mass is 321 g/mol. The summed E-state index contributed by atoms with van der Waals surface area (Å²) in [6, 6.07) is 5.16. The number of nitrogens with zero attached hydrogens (tertiary/aromatic N) is 1. The standard InChI is InChI=1S/C12H20ClN3O3S/c1-16(8-4-7-14)20(17,18)15-9-10-11(13)5-3-6-12(10)19-2/h3,5-6,15H,4,7-9,14H2,1-2H3. The third-order valence-electron chi connectivity index (χ3n) is 2.81. The Kier molecular flexibility index (Phi) is 6.70. The molecular weight excluding hydrogens is 302 g/mol. The van der Waals surface area contributed by atoms with Gasteiger partial charge in [0.1, 0.15) is 5.75 Å². The van der Waals surface area contributed by atoms with Gasteiger partial charge in [-0.3, -0.25) is 0 Å². The molecule has 1 aromatic carbocycles. The van der Waals surface area contributed by atoms with Crippen LogP contribution >= 0.6 is 11.6 Å². The number of rotatable bonds is 8. The number of benzene rings is 1. The van der Waals surface area contributed by atoms with Gasteiger partial charge in [0.25, 0.3) is 10.2 Å². The molecule has 0 amide bonds. The first kappa shape index (κ1) is 17.2. The van der Waals surface area contributed by atoms with Crippen molar-refractivity contribution in [2.75, 3.05) is 27.2 Å². The minimum Gasteiger partial charge on any atom is -0.496 e. The molecule has 0 saturated heterocycles. The van der Waals surface area contributed by atoms with Crippen LogP contribution in [0.2, 0.25) is 5.02 Å². The van der Waals surface area contributed by atoms with Crippen molar-refractivity contribution < 1.29 is 13.2 Å². The fourth-order valence-electron chi connectivity index (χ4n) is 1.61. The highest BCUT2D eigenvalue weighted by Crippen LogP contribution is 2.26. The van der Waals surface area contributed by atoms with Gasteiger partial charge in [-0.15, -0.1) is 0 Å². The molecule has 0 aliphatic carbocycles. The first-order chi connectivity index (χ1) is 9.42. The van der Waals surface area contributed by atoms with E-state index in [0.29, 0.717) is 35.8 Å². The lowest BCUT2D eigenvalue weighted by molar-refractivity contribution is 0.408. The number of nitrogens with one attached hydrogen (secondary N) is 1. The highest BCUT2D eigenvalue weighted by Gasteiger charge is 2.18. The third-order valence-corrected chi connectivity index (χ3v) is 4.68. The van der Waals surface area contributed by atoms with Crippen LogP contribution in [0.5, 0.6) is 5.75 Å². The average molecular weight is 322 g/mol. The van der Waals surface area contributed by atoms with Crippen molar-refractivity contribution in [1.29, 1.82) is 0 Å². The Hall–Kier alpha value is -0.860. The van der Waals surface area contributed by atoms with Gasteiger partial charge in [0.15, 0.2) is 0 Å². The van der Waals surface area contributed by atoms with E-state index in [1.54, 1.807) is 18.2 Å². The maximum atomic E-state index is 12.0. The van der Waals surface area contributed by atoms with Crippen molar-refractivity contribution in [2.45, 2.75) is 13.0 Å². The highest BCUT2D eigenvalue weighted by molar-refractivity contribution is 7.87. The second-order valence-electron chi connectivity index (χ2n) is 4.21. The molecule has 0 unspecified atom stereocenters. The molecule has 0 aliphatic heterocycles. The second kappa shape index (κ2) is 7.80. The van der Waals surface area contributed by atoms with E-state index in [1.807, 2.05) is 0 Å². The molecule has 0 aliphatic rings. The van der Waals surface area contributed by atoms with Crippen molar-refractivity contribution in [2.24, 2.45) is 5.73 Å². The first-order valence-corrected chi connectivity index (χ1v) is 7.96. The lowest BCUT2D eigenvalue weighted by Crippen LogP contribution is -2.38. The predicted octanol–water partition coefficient (Wildman–Crippen LogP) is 0.964. The van der Waals surface area contributed by atoms with E-state index in [-0.39, 0.29) is 6.54 Å². The molecule has 1 aromatic rings. The summed E-state index contributed by atoms with van der Waals surface area (Å²) < 4.78 is 32.9. The molecule has 0 saturated carbocycles. The van der Waals surface area contributed by atoms with Crippen LogP contribution in [0.1, 0.15) is 12.0 Å². The van der Waals surface area contributed by atoms with E-state index in [1.165, 1.54) is 18.5 Å². The van der Waals surface area contributed by atoms with Gasteiger partial charge < -0.3 is 10.5 Å². The maximum Gasteiger partial charge on any atom is 0.279 e. The van der Waals surface area contributed by atoms with Crippen molar-refractivity contribution in [3.8, 4) is 5.75 Å². The Morgan fingerprint density at radius 1 is 1.45 bits per heavy atom. The molecule has 20 heavy (non-hydrogen) atoms. The zero-order valence-corrected chi connectivity index (χ0v) is 13.2. The lowest BCUT2D eigenvalue weighted by atomic mass is 10.2. The van der Waals surface area contributed by atoms with Gasteiger partial charge in [-0.25, -0.2) is 0 Å². The van der Waals surface area contributed by atoms with Crippen LogP contribution in [0.4, 0.5) is 0 Å². The summed E-state index contributed by atoms with van der Waals surface area (Å²) in [5.41, 5.74) is 5.97. The number of ether oxygens (including phenoxy) is 1. The van der Waals surface area contributed by atoms with Crippen molar-refractivity contribution in [1.82, 2.24) is 9.03 Å². The largest absolute Gasteiger partial charge is 0.496 e. The normalized spacial score (nSPS) is 11.8. The summed E-state index contributed by atoms with van der Waals surface area (Å²) in [7, 11) is -0.546. The smallest absolute Gasteiger partial charge is 0.279 e. The van der Waals surface area contributed by atoms with E-state index in [9.17, 15) is 8.42 Å². The van der Waals surface area contributed by atoms with Crippen LogP contribution in [-0.4, -0.2) is 40.0 Å². The van der Waals surface area contributed by atoms with Crippen LogP contribution in [0.25, 0.3) is 0 Å². The van der Waals surface area contributed by atoms with Gasteiger partial charge in [-0.1, -0.05) is 17.7 Å². The zero-order chi connectivity index (χ0) is 15.2. The molecule has 1 rings (SSSR count).